The van der Waals surface area contributed by atoms with Gasteiger partial charge in [0.15, 0.2) is 0 Å². The zero-order chi connectivity index (χ0) is 12.6. The molecule has 0 aliphatic carbocycles. The minimum atomic E-state index is 0.173. The van der Waals surface area contributed by atoms with Gasteiger partial charge in [0.05, 0.1) is 11.0 Å². The molecule has 0 saturated carbocycles. The van der Waals surface area contributed by atoms with Gasteiger partial charge < -0.3 is 10.3 Å². The van der Waals surface area contributed by atoms with E-state index in [1.54, 1.807) is 0 Å². The molecule has 1 aromatic heterocycles. The van der Waals surface area contributed by atoms with Crippen LogP contribution in [0.4, 0.5) is 0 Å². The second kappa shape index (κ2) is 4.15. The Bertz CT molecular complexity index is 532. The number of nitrogens with zero attached hydrogens (tertiary/aromatic N) is 2. The van der Waals surface area contributed by atoms with Gasteiger partial charge in [0.2, 0.25) is 0 Å². The summed E-state index contributed by atoms with van der Waals surface area (Å²) < 4.78 is 2.15. The number of aryl methyl sites for hydroxylation is 1. The first-order chi connectivity index (χ1) is 7.93. The minimum Gasteiger partial charge on any atom is -0.331 e. The molecule has 1 heterocycles. The van der Waals surface area contributed by atoms with E-state index in [2.05, 4.69) is 55.6 Å². The van der Waals surface area contributed by atoms with Crippen molar-refractivity contribution < 1.29 is 0 Å². The van der Waals surface area contributed by atoms with E-state index in [-0.39, 0.29) is 5.41 Å². The molecule has 0 aliphatic rings. The quantitative estimate of drug-likeness (QED) is 0.862. The highest BCUT2D eigenvalue weighted by molar-refractivity contribution is 5.77. The van der Waals surface area contributed by atoms with Gasteiger partial charge in [0.25, 0.3) is 0 Å². The van der Waals surface area contributed by atoms with E-state index >= 15 is 0 Å². The fourth-order valence-corrected chi connectivity index (χ4v) is 2.06. The van der Waals surface area contributed by atoms with Crippen LogP contribution in [-0.2, 0) is 18.9 Å². The Labute approximate surface area is 103 Å². The summed E-state index contributed by atoms with van der Waals surface area (Å²) in [5, 5.41) is 0. The average molecular weight is 231 g/mol. The zero-order valence-electron chi connectivity index (χ0n) is 11.1. The Morgan fingerprint density at radius 1 is 1.29 bits per heavy atom. The third kappa shape index (κ3) is 2.20. The molecule has 0 atom stereocenters. The van der Waals surface area contributed by atoms with Crippen molar-refractivity contribution in [3.05, 3.63) is 29.6 Å². The van der Waals surface area contributed by atoms with Gasteiger partial charge in [0.1, 0.15) is 5.82 Å². The highest BCUT2D eigenvalue weighted by Gasteiger charge is 2.15. The highest BCUT2D eigenvalue weighted by atomic mass is 15.1. The van der Waals surface area contributed by atoms with Gasteiger partial charge in [-0.25, -0.2) is 4.98 Å². The monoisotopic (exact) mass is 231 g/mol. The van der Waals surface area contributed by atoms with Crippen molar-refractivity contribution >= 4 is 11.0 Å². The molecule has 0 aliphatic heterocycles. The molecule has 2 aromatic rings. The molecule has 1 aromatic carbocycles. The van der Waals surface area contributed by atoms with E-state index in [0.717, 1.165) is 17.8 Å². The van der Waals surface area contributed by atoms with Crippen LogP contribution in [0.1, 0.15) is 32.2 Å². The van der Waals surface area contributed by atoms with E-state index in [1.807, 2.05) is 0 Å². The summed E-state index contributed by atoms with van der Waals surface area (Å²) in [6.07, 6.45) is 0.829. The third-order valence-corrected chi connectivity index (χ3v) is 3.21. The molecule has 17 heavy (non-hydrogen) atoms. The van der Waals surface area contributed by atoms with E-state index in [0.29, 0.717) is 6.54 Å². The first kappa shape index (κ1) is 12.1. The maximum atomic E-state index is 5.60. The number of rotatable bonds is 2. The molecule has 2 rings (SSSR count). The number of aromatic nitrogens is 2. The lowest BCUT2D eigenvalue weighted by atomic mass is 9.87. The van der Waals surface area contributed by atoms with Crippen LogP contribution >= 0.6 is 0 Å². The minimum absolute atomic E-state index is 0.173. The molecule has 0 radical (unpaired) electrons. The molecule has 0 fully saturated rings. The molecular formula is C14H21N3. The molecular weight excluding hydrogens is 210 g/mol. The molecule has 2 N–H and O–H groups in total. The van der Waals surface area contributed by atoms with Crippen molar-refractivity contribution in [2.45, 2.75) is 32.6 Å². The fourth-order valence-electron chi connectivity index (χ4n) is 2.06. The van der Waals surface area contributed by atoms with Crippen LogP contribution < -0.4 is 5.73 Å². The van der Waals surface area contributed by atoms with Gasteiger partial charge >= 0.3 is 0 Å². The van der Waals surface area contributed by atoms with E-state index < -0.39 is 0 Å². The smallest absolute Gasteiger partial charge is 0.110 e. The van der Waals surface area contributed by atoms with Crippen LogP contribution in [0, 0.1) is 0 Å². The standard InChI is InChI=1S/C14H21N3/c1-14(2,3)10-5-6-11-12(9-10)17(4)13(16-11)7-8-15/h5-6,9H,7-8,15H2,1-4H3. The predicted molar refractivity (Wildman–Crippen MR) is 72.2 cm³/mol. The summed E-state index contributed by atoms with van der Waals surface area (Å²) in [5.74, 6) is 1.06. The Morgan fingerprint density at radius 2 is 2.00 bits per heavy atom. The number of hydrogen-bond donors (Lipinski definition) is 1. The second-order valence-electron chi connectivity index (χ2n) is 5.58. The number of fused-ring (bicyclic) bond motifs is 1. The van der Waals surface area contributed by atoms with Crippen LogP contribution in [0.5, 0.6) is 0 Å². The van der Waals surface area contributed by atoms with Crippen molar-refractivity contribution in [1.82, 2.24) is 9.55 Å². The Morgan fingerprint density at radius 3 is 2.59 bits per heavy atom. The summed E-state index contributed by atoms with van der Waals surface area (Å²) in [5.41, 5.74) is 9.36. The maximum Gasteiger partial charge on any atom is 0.110 e. The Kier molecular flexibility index (Phi) is 2.96. The maximum absolute atomic E-state index is 5.60. The average Bonchev–Trinajstić information content (AvgIpc) is 2.55. The van der Waals surface area contributed by atoms with Crippen molar-refractivity contribution in [3.63, 3.8) is 0 Å². The third-order valence-electron chi connectivity index (χ3n) is 3.21. The summed E-state index contributed by atoms with van der Waals surface area (Å²) >= 11 is 0. The fraction of sp³-hybridized carbons (Fsp3) is 0.500. The van der Waals surface area contributed by atoms with Crippen LogP contribution in [0.25, 0.3) is 11.0 Å². The number of imidazole rings is 1. The molecule has 0 bridgehead atoms. The predicted octanol–water partition coefficient (Wildman–Crippen LogP) is 2.37. The normalized spacial score (nSPS) is 12.3. The lowest BCUT2D eigenvalue weighted by Gasteiger charge is -2.18. The van der Waals surface area contributed by atoms with Gasteiger partial charge in [0, 0.05) is 13.5 Å². The lowest BCUT2D eigenvalue weighted by Crippen LogP contribution is -2.11. The number of hydrogen-bond acceptors (Lipinski definition) is 2. The topological polar surface area (TPSA) is 43.8 Å². The van der Waals surface area contributed by atoms with E-state index in [9.17, 15) is 0 Å². The van der Waals surface area contributed by atoms with Crippen molar-refractivity contribution in [2.24, 2.45) is 12.8 Å². The van der Waals surface area contributed by atoms with Crippen LogP contribution in [0.2, 0.25) is 0 Å². The first-order valence-corrected chi connectivity index (χ1v) is 6.09. The van der Waals surface area contributed by atoms with Crippen LogP contribution in [0.15, 0.2) is 18.2 Å². The molecule has 3 heteroatoms. The molecule has 0 spiro atoms. The van der Waals surface area contributed by atoms with Gasteiger partial charge in [-0.3, -0.25) is 0 Å². The van der Waals surface area contributed by atoms with Gasteiger partial charge in [-0.1, -0.05) is 26.8 Å². The molecule has 0 saturated heterocycles. The zero-order valence-corrected chi connectivity index (χ0v) is 11.1. The second-order valence-corrected chi connectivity index (χ2v) is 5.58. The Hall–Kier alpha value is -1.35. The SMILES string of the molecule is Cn1c(CCN)nc2ccc(C(C)(C)C)cc21. The number of nitrogens with two attached hydrogens (primary N) is 1. The summed E-state index contributed by atoms with van der Waals surface area (Å²) in [7, 11) is 2.06. The molecule has 3 nitrogen and oxygen atoms in total. The summed E-state index contributed by atoms with van der Waals surface area (Å²) in [4.78, 5) is 4.61. The van der Waals surface area contributed by atoms with E-state index in [1.165, 1.54) is 11.1 Å². The van der Waals surface area contributed by atoms with Crippen molar-refractivity contribution in [3.8, 4) is 0 Å². The summed E-state index contributed by atoms with van der Waals surface area (Å²) in [6.45, 7) is 7.32. The van der Waals surface area contributed by atoms with Gasteiger partial charge in [-0.2, -0.15) is 0 Å². The largest absolute Gasteiger partial charge is 0.331 e. The van der Waals surface area contributed by atoms with Crippen molar-refractivity contribution in [2.75, 3.05) is 6.54 Å². The van der Waals surface area contributed by atoms with Crippen molar-refractivity contribution in [1.29, 1.82) is 0 Å². The highest BCUT2D eigenvalue weighted by Crippen LogP contribution is 2.26. The van der Waals surface area contributed by atoms with Crippen LogP contribution in [0.3, 0.4) is 0 Å². The molecule has 0 amide bonds. The molecule has 0 unspecified atom stereocenters. The lowest BCUT2D eigenvalue weighted by molar-refractivity contribution is 0.590. The van der Waals surface area contributed by atoms with Gasteiger partial charge in [-0.15, -0.1) is 0 Å². The Balaban J connectivity index is 2.57. The first-order valence-electron chi connectivity index (χ1n) is 6.09. The van der Waals surface area contributed by atoms with E-state index in [4.69, 9.17) is 5.73 Å². The molecule has 92 valence electrons. The summed E-state index contributed by atoms with van der Waals surface area (Å²) in [6, 6.07) is 6.51. The van der Waals surface area contributed by atoms with Gasteiger partial charge in [-0.05, 0) is 29.7 Å². The number of benzene rings is 1. The van der Waals surface area contributed by atoms with Crippen LogP contribution in [-0.4, -0.2) is 16.1 Å².